The molecule has 1 N–H and O–H groups in total. The molecule has 1 heteroatoms. The molecule has 0 fully saturated rings. The van der Waals surface area contributed by atoms with Crippen LogP contribution in [0.2, 0.25) is 0 Å². The third-order valence-corrected chi connectivity index (χ3v) is 2.14. The Hall–Kier alpha value is -0.300. The van der Waals surface area contributed by atoms with E-state index in [0.717, 1.165) is 6.54 Å². The Morgan fingerprint density at radius 3 is 2.45 bits per heavy atom. The van der Waals surface area contributed by atoms with Crippen molar-refractivity contribution in [2.45, 2.75) is 39.7 Å². The molecule has 0 aliphatic carbocycles. The molecule has 0 radical (unpaired) electrons. The lowest BCUT2D eigenvalue weighted by molar-refractivity contribution is 0.424. The molecule has 66 valence electrons. The van der Waals surface area contributed by atoms with E-state index in [-0.39, 0.29) is 0 Å². The second-order valence-corrected chi connectivity index (χ2v) is 3.10. The summed E-state index contributed by atoms with van der Waals surface area (Å²) in [6.07, 6.45) is 4.43. The van der Waals surface area contributed by atoms with Gasteiger partial charge in [0.2, 0.25) is 0 Å². The summed E-state index contributed by atoms with van der Waals surface area (Å²) in [5.74, 6) is 0.707. The molecule has 0 aliphatic rings. The van der Waals surface area contributed by atoms with Crippen molar-refractivity contribution in [2.24, 2.45) is 5.92 Å². The molecule has 0 aromatic rings. The maximum atomic E-state index is 3.82. The highest BCUT2D eigenvalue weighted by molar-refractivity contribution is 4.88. The zero-order valence-electron chi connectivity index (χ0n) is 8.06. The molecule has 0 spiro atoms. The third-order valence-electron chi connectivity index (χ3n) is 2.14. The van der Waals surface area contributed by atoms with Gasteiger partial charge in [-0.15, -0.1) is 6.58 Å². The van der Waals surface area contributed by atoms with Gasteiger partial charge in [-0.2, -0.15) is 0 Å². The smallest absolute Gasteiger partial charge is 0.0272 e. The zero-order chi connectivity index (χ0) is 8.69. The highest BCUT2D eigenvalue weighted by Crippen LogP contribution is 2.07. The van der Waals surface area contributed by atoms with E-state index in [0.29, 0.717) is 12.0 Å². The molecule has 2 atom stereocenters. The van der Waals surface area contributed by atoms with Crippen molar-refractivity contribution in [2.75, 3.05) is 6.54 Å². The molecule has 2 unspecified atom stereocenters. The minimum atomic E-state index is 0.500. The fourth-order valence-electron chi connectivity index (χ4n) is 1.08. The summed E-state index contributed by atoms with van der Waals surface area (Å²) >= 11 is 0. The Morgan fingerprint density at radius 2 is 2.09 bits per heavy atom. The van der Waals surface area contributed by atoms with Crippen molar-refractivity contribution in [1.82, 2.24) is 5.32 Å². The average Bonchev–Trinajstić information content (AvgIpc) is 2.05. The van der Waals surface area contributed by atoms with E-state index >= 15 is 0 Å². The van der Waals surface area contributed by atoms with Crippen LogP contribution in [0.25, 0.3) is 0 Å². The summed E-state index contributed by atoms with van der Waals surface area (Å²) < 4.78 is 0. The zero-order valence-corrected chi connectivity index (χ0v) is 8.06. The Labute approximate surface area is 70.9 Å². The first-order valence-electron chi connectivity index (χ1n) is 4.62. The van der Waals surface area contributed by atoms with Crippen molar-refractivity contribution in [3.63, 3.8) is 0 Å². The van der Waals surface area contributed by atoms with Crippen LogP contribution in [0, 0.1) is 5.92 Å². The molecule has 0 saturated carbocycles. The predicted molar refractivity (Wildman–Crippen MR) is 51.7 cm³/mol. The first-order chi connectivity index (χ1) is 5.26. The van der Waals surface area contributed by atoms with Crippen LogP contribution in [0.15, 0.2) is 12.7 Å². The van der Waals surface area contributed by atoms with Crippen molar-refractivity contribution in [3.05, 3.63) is 12.7 Å². The molecule has 1 nitrogen and oxygen atoms in total. The summed E-state index contributed by atoms with van der Waals surface area (Å²) in [6.45, 7) is 11.6. The largest absolute Gasteiger partial charge is 0.310 e. The minimum Gasteiger partial charge on any atom is -0.310 e. The summed E-state index contributed by atoms with van der Waals surface area (Å²) in [6, 6.07) is 0.500. The van der Waals surface area contributed by atoms with Crippen LogP contribution in [0.3, 0.4) is 0 Å². The maximum Gasteiger partial charge on any atom is 0.0272 e. The molecule has 0 aromatic heterocycles. The summed E-state index contributed by atoms with van der Waals surface area (Å²) in [5.41, 5.74) is 0. The fourth-order valence-corrected chi connectivity index (χ4v) is 1.08. The van der Waals surface area contributed by atoms with Gasteiger partial charge in [0.25, 0.3) is 0 Å². The summed E-state index contributed by atoms with van der Waals surface area (Å²) in [5, 5.41) is 3.45. The van der Waals surface area contributed by atoms with Crippen molar-refractivity contribution in [1.29, 1.82) is 0 Å². The Kier molecular flexibility index (Phi) is 6.24. The van der Waals surface area contributed by atoms with E-state index in [1.165, 1.54) is 12.8 Å². The fraction of sp³-hybridized carbons (Fsp3) is 0.800. The standard InChI is InChI=1S/C10H21N/c1-5-8-11-10(7-3)9(4)6-2/h7,9-11H,3,5-6,8H2,1-2,4H3. The van der Waals surface area contributed by atoms with Gasteiger partial charge in [-0.25, -0.2) is 0 Å². The third kappa shape index (κ3) is 4.20. The van der Waals surface area contributed by atoms with E-state index in [4.69, 9.17) is 0 Å². The molecule has 0 amide bonds. The molecule has 0 rings (SSSR count). The number of hydrogen-bond donors (Lipinski definition) is 1. The van der Waals surface area contributed by atoms with Crippen LogP contribution in [0.5, 0.6) is 0 Å². The Balaban J connectivity index is 3.65. The number of rotatable bonds is 6. The van der Waals surface area contributed by atoms with Crippen LogP contribution in [-0.2, 0) is 0 Å². The van der Waals surface area contributed by atoms with Crippen LogP contribution < -0.4 is 5.32 Å². The van der Waals surface area contributed by atoms with Gasteiger partial charge in [-0.05, 0) is 18.9 Å². The van der Waals surface area contributed by atoms with Gasteiger partial charge in [0.1, 0.15) is 0 Å². The van der Waals surface area contributed by atoms with Gasteiger partial charge < -0.3 is 5.32 Å². The van der Waals surface area contributed by atoms with Gasteiger partial charge in [0.05, 0.1) is 0 Å². The van der Waals surface area contributed by atoms with Crippen molar-refractivity contribution < 1.29 is 0 Å². The highest BCUT2D eigenvalue weighted by Gasteiger charge is 2.09. The molecule has 0 saturated heterocycles. The lowest BCUT2D eigenvalue weighted by Crippen LogP contribution is -2.33. The molecule has 0 bridgehead atoms. The topological polar surface area (TPSA) is 12.0 Å². The second-order valence-electron chi connectivity index (χ2n) is 3.10. The van der Waals surface area contributed by atoms with E-state index in [9.17, 15) is 0 Å². The van der Waals surface area contributed by atoms with E-state index in [1.54, 1.807) is 0 Å². The quantitative estimate of drug-likeness (QED) is 0.581. The SMILES string of the molecule is C=CC(NCCC)C(C)CC. The van der Waals surface area contributed by atoms with Crippen LogP contribution in [0.1, 0.15) is 33.6 Å². The van der Waals surface area contributed by atoms with Crippen LogP contribution >= 0.6 is 0 Å². The number of nitrogens with one attached hydrogen (secondary N) is 1. The molecule has 11 heavy (non-hydrogen) atoms. The molecular formula is C10H21N. The van der Waals surface area contributed by atoms with Gasteiger partial charge in [0.15, 0.2) is 0 Å². The van der Waals surface area contributed by atoms with Gasteiger partial charge in [-0.1, -0.05) is 33.3 Å². The highest BCUT2D eigenvalue weighted by atomic mass is 14.9. The summed E-state index contributed by atoms with van der Waals surface area (Å²) in [4.78, 5) is 0. The normalized spacial score (nSPS) is 15.9. The Morgan fingerprint density at radius 1 is 1.45 bits per heavy atom. The van der Waals surface area contributed by atoms with Crippen molar-refractivity contribution >= 4 is 0 Å². The maximum absolute atomic E-state index is 3.82. The molecular weight excluding hydrogens is 134 g/mol. The van der Waals surface area contributed by atoms with Crippen LogP contribution in [-0.4, -0.2) is 12.6 Å². The van der Waals surface area contributed by atoms with Gasteiger partial charge in [0, 0.05) is 6.04 Å². The van der Waals surface area contributed by atoms with E-state index in [2.05, 4.69) is 32.7 Å². The van der Waals surface area contributed by atoms with Gasteiger partial charge in [-0.3, -0.25) is 0 Å². The first-order valence-corrected chi connectivity index (χ1v) is 4.62. The lowest BCUT2D eigenvalue weighted by Gasteiger charge is -2.20. The number of hydrogen-bond acceptors (Lipinski definition) is 1. The molecule has 0 heterocycles. The van der Waals surface area contributed by atoms with E-state index in [1.807, 2.05) is 6.08 Å². The molecule has 0 aliphatic heterocycles. The summed E-state index contributed by atoms with van der Waals surface area (Å²) in [7, 11) is 0. The van der Waals surface area contributed by atoms with Gasteiger partial charge >= 0.3 is 0 Å². The second kappa shape index (κ2) is 6.41. The monoisotopic (exact) mass is 155 g/mol. The van der Waals surface area contributed by atoms with Crippen molar-refractivity contribution in [3.8, 4) is 0 Å². The average molecular weight is 155 g/mol. The lowest BCUT2D eigenvalue weighted by atomic mass is 9.99. The first kappa shape index (κ1) is 10.7. The van der Waals surface area contributed by atoms with E-state index < -0.39 is 0 Å². The minimum absolute atomic E-state index is 0.500. The molecule has 0 aromatic carbocycles. The Bertz CT molecular complexity index is 99.0. The van der Waals surface area contributed by atoms with Crippen LogP contribution in [0.4, 0.5) is 0 Å². The predicted octanol–water partition coefficient (Wildman–Crippen LogP) is 2.59.